The van der Waals surface area contributed by atoms with Crippen molar-refractivity contribution in [2.75, 3.05) is 13.6 Å². The fraction of sp³-hybridized carbons (Fsp3) is 0.588. The van der Waals surface area contributed by atoms with Crippen molar-refractivity contribution in [2.24, 2.45) is 0 Å². The molecule has 1 aromatic carbocycles. The lowest BCUT2D eigenvalue weighted by Gasteiger charge is -2.32. The second-order valence-electron chi connectivity index (χ2n) is 7.55. The zero-order valence-electron chi connectivity index (χ0n) is 14.4. The number of carbonyl (C=O) groups excluding carboxylic acids is 1. The molecule has 124 valence electrons. The highest BCUT2D eigenvalue weighted by atomic mass is 16.7. The van der Waals surface area contributed by atoms with Crippen LogP contribution < -0.4 is 5.46 Å². The summed E-state index contributed by atoms with van der Waals surface area (Å²) < 4.78 is 12.1. The molecule has 2 aliphatic rings. The van der Waals surface area contributed by atoms with Gasteiger partial charge >= 0.3 is 7.12 Å². The molecule has 2 fully saturated rings. The quantitative estimate of drug-likeness (QED) is 0.828. The summed E-state index contributed by atoms with van der Waals surface area (Å²) in [7, 11) is 1.20. The fourth-order valence-corrected chi connectivity index (χ4v) is 3.04. The third kappa shape index (κ3) is 2.49. The molecule has 0 unspecified atom stereocenters. The van der Waals surface area contributed by atoms with Gasteiger partial charge in [0, 0.05) is 20.0 Å². The first-order chi connectivity index (χ1) is 10.6. The molecule has 0 aromatic heterocycles. The molecule has 1 amide bonds. The van der Waals surface area contributed by atoms with Gasteiger partial charge in [-0.05, 0) is 38.7 Å². The first-order valence-electron chi connectivity index (χ1n) is 8.01. The van der Waals surface area contributed by atoms with E-state index in [0.29, 0.717) is 18.5 Å². The summed E-state index contributed by atoms with van der Waals surface area (Å²) in [4.78, 5) is 13.8. The normalized spacial score (nSPS) is 29.4. The van der Waals surface area contributed by atoms with Crippen LogP contribution in [-0.2, 0) is 19.7 Å². The molecule has 3 rings (SSSR count). The largest absolute Gasteiger partial charge is 0.494 e. The van der Waals surface area contributed by atoms with Crippen LogP contribution in [-0.4, -0.2) is 47.8 Å². The standard InChI is InChI=1S/C17H24BNO4/c1-15(2)16(3,4)23-18(22-15)13-8-6-7-12(11-13)17(21)9-10-19(5)14(17)20/h6-8,11,21H,9-10H2,1-5H3/t17-/m1/s1. The molecule has 23 heavy (non-hydrogen) atoms. The molecule has 0 spiro atoms. The van der Waals surface area contributed by atoms with Crippen molar-refractivity contribution in [1.29, 1.82) is 0 Å². The highest BCUT2D eigenvalue weighted by molar-refractivity contribution is 6.62. The lowest BCUT2D eigenvalue weighted by atomic mass is 9.76. The number of likely N-dealkylation sites (tertiary alicyclic amines) is 1. The van der Waals surface area contributed by atoms with Crippen molar-refractivity contribution in [2.45, 2.75) is 50.9 Å². The lowest BCUT2D eigenvalue weighted by molar-refractivity contribution is -0.143. The minimum Gasteiger partial charge on any atom is -0.399 e. The van der Waals surface area contributed by atoms with Crippen LogP contribution in [0.25, 0.3) is 0 Å². The van der Waals surface area contributed by atoms with Crippen LogP contribution in [0.1, 0.15) is 39.7 Å². The first kappa shape index (κ1) is 16.5. The third-order valence-corrected chi connectivity index (χ3v) is 5.40. The number of hydrogen-bond donors (Lipinski definition) is 1. The Morgan fingerprint density at radius 3 is 2.30 bits per heavy atom. The maximum absolute atomic E-state index is 12.3. The van der Waals surface area contributed by atoms with Crippen LogP contribution >= 0.6 is 0 Å². The second kappa shape index (κ2) is 5.06. The molecule has 0 saturated carbocycles. The van der Waals surface area contributed by atoms with Gasteiger partial charge in [-0.25, -0.2) is 0 Å². The number of likely N-dealkylation sites (N-methyl/N-ethyl adjacent to an activating group) is 1. The Labute approximate surface area is 137 Å². The van der Waals surface area contributed by atoms with E-state index in [-0.39, 0.29) is 5.91 Å². The van der Waals surface area contributed by atoms with Gasteiger partial charge in [-0.1, -0.05) is 24.3 Å². The predicted octanol–water partition coefficient (Wildman–Crippen LogP) is 1.04. The van der Waals surface area contributed by atoms with E-state index >= 15 is 0 Å². The Hall–Kier alpha value is -1.37. The number of nitrogens with zero attached hydrogens (tertiary/aromatic N) is 1. The zero-order valence-corrected chi connectivity index (χ0v) is 14.4. The minimum absolute atomic E-state index is 0.261. The van der Waals surface area contributed by atoms with Crippen molar-refractivity contribution < 1.29 is 19.2 Å². The van der Waals surface area contributed by atoms with Crippen molar-refractivity contribution in [1.82, 2.24) is 4.90 Å². The summed E-state index contributed by atoms with van der Waals surface area (Å²) in [5.41, 5.74) is -0.882. The van der Waals surface area contributed by atoms with Crippen molar-refractivity contribution >= 4 is 18.5 Å². The number of carbonyl (C=O) groups is 1. The Morgan fingerprint density at radius 2 is 1.78 bits per heavy atom. The van der Waals surface area contributed by atoms with E-state index in [1.807, 2.05) is 45.9 Å². The van der Waals surface area contributed by atoms with Crippen molar-refractivity contribution in [3.8, 4) is 0 Å². The van der Waals surface area contributed by atoms with Crippen LogP contribution in [0.2, 0.25) is 0 Å². The molecular weight excluding hydrogens is 293 g/mol. The average molecular weight is 317 g/mol. The van der Waals surface area contributed by atoms with E-state index in [0.717, 1.165) is 5.46 Å². The number of benzene rings is 1. The Morgan fingerprint density at radius 1 is 1.17 bits per heavy atom. The van der Waals surface area contributed by atoms with E-state index < -0.39 is 23.9 Å². The molecule has 1 atom stereocenters. The van der Waals surface area contributed by atoms with Crippen LogP contribution in [0, 0.1) is 0 Å². The topological polar surface area (TPSA) is 59.0 Å². The minimum atomic E-state index is -1.45. The molecule has 6 heteroatoms. The van der Waals surface area contributed by atoms with Gasteiger partial charge in [0.25, 0.3) is 5.91 Å². The Bertz CT molecular complexity index is 629. The molecule has 0 bridgehead atoms. The van der Waals surface area contributed by atoms with Crippen LogP contribution in [0.15, 0.2) is 24.3 Å². The summed E-state index contributed by atoms with van der Waals surface area (Å²) in [6.45, 7) is 8.55. The fourth-order valence-electron chi connectivity index (χ4n) is 3.04. The Kier molecular flexibility index (Phi) is 3.63. The first-order valence-corrected chi connectivity index (χ1v) is 8.01. The lowest BCUT2D eigenvalue weighted by Crippen LogP contribution is -2.41. The molecule has 0 aliphatic carbocycles. The van der Waals surface area contributed by atoms with Crippen molar-refractivity contribution in [3.05, 3.63) is 29.8 Å². The Balaban J connectivity index is 1.92. The van der Waals surface area contributed by atoms with Gasteiger partial charge in [0.15, 0.2) is 5.60 Å². The number of aliphatic hydroxyl groups is 1. The summed E-state index contributed by atoms with van der Waals surface area (Å²) in [5, 5.41) is 10.8. The van der Waals surface area contributed by atoms with Gasteiger partial charge in [0.05, 0.1) is 11.2 Å². The molecule has 0 radical (unpaired) electrons. The molecule has 2 saturated heterocycles. The van der Waals surface area contributed by atoms with Crippen LogP contribution in [0.3, 0.4) is 0 Å². The smallest absolute Gasteiger partial charge is 0.399 e. The highest BCUT2D eigenvalue weighted by Gasteiger charge is 2.52. The maximum atomic E-state index is 12.3. The van der Waals surface area contributed by atoms with E-state index in [9.17, 15) is 9.90 Å². The predicted molar refractivity (Wildman–Crippen MR) is 88.3 cm³/mol. The SMILES string of the molecule is CN1CC[C@@](O)(c2cccc(B3OC(C)(C)C(C)(C)O3)c2)C1=O. The average Bonchev–Trinajstić information content (AvgIpc) is 2.87. The molecule has 1 aromatic rings. The number of amides is 1. The van der Waals surface area contributed by atoms with Crippen LogP contribution in [0.4, 0.5) is 0 Å². The number of hydrogen-bond acceptors (Lipinski definition) is 4. The molecule has 1 N–H and O–H groups in total. The van der Waals surface area contributed by atoms with Gasteiger partial charge in [0.2, 0.25) is 0 Å². The molecule has 2 aliphatic heterocycles. The molecule has 2 heterocycles. The van der Waals surface area contributed by atoms with E-state index in [1.54, 1.807) is 18.0 Å². The number of rotatable bonds is 2. The van der Waals surface area contributed by atoms with Gasteiger partial charge in [-0.15, -0.1) is 0 Å². The highest BCUT2D eigenvalue weighted by Crippen LogP contribution is 2.37. The molecular formula is C17H24BNO4. The molecule has 5 nitrogen and oxygen atoms in total. The third-order valence-electron chi connectivity index (χ3n) is 5.40. The van der Waals surface area contributed by atoms with E-state index in [4.69, 9.17) is 9.31 Å². The van der Waals surface area contributed by atoms with Gasteiger partial charge in [0.1, 0.15) is 0 Å². The summed E-state index contributed by atoms with van der Waals surface area (Å²) in [5.74, 6) is -0.261. The van der Waals surface area contributed by atoms with E-state index in [2.05, 4.69) is 0 Å². The summed E-state index contributed by atoms with van der Waals surface area (Å²) >= 11 is 0. The van der Waals surface area contributed by atoms with E-state index in [1.165, 1.54) is 0 Å². The summed E-state index contributed by atoms with van der Waals surface area (Å²) in [6.07, 6.45) is 0.398. The zero-order chi connectivity index (χ0) is 17.0. The maximum Gasteiger partial charge on any atom is 0.494 e. The second-order valence-corrected chi connectivity index (χ2v) is 7.55. The summed E-state index contributed by atoms with van der Waals surface area (Å²) in [6, 6.07) is 7.34. The van der Waals surface area contributed by atoms with Crippen LogP contribution in [0.5, 0.6) is 0 Å². The van der Waals surface area contributed by atoms with Gasteiger partial charge < -0.3 is 19.3 Å². The monoisotopic (exact) mass is 317 g/mol. The van der Waals surface area contributed by atoms with Gasteiger partial charge in [-0.3, -0.25) is 4.79 Å². The van der Waals surface area contributed by atoms with Crippen molar-refractivity contribution in [3.63, 3.8) is 0 Å². The van der Waals surface area contributed by atoms with Gasteiger partial charge in [-0.2, -0.15) is 0 Å².